The Morgan fingerprint density at radius 2 is 2.00 bits per heavy atom. The molecule has 2 rings (SSSR count). The van der Waals surface area contributed by atoms with Gasteiger partial charge < -0.3 is 10.4 Å². The third kappa shape index (κ3) is 2.70. The number of aliphatic hydroxyl groups is 1. The smallest absolute Gasteiger partial charge is 0.346 e. The second-order valence-electron chi connectivity index (χ2n) is 5.10. The molecule has 2 unspecified atom stereocenters. The van der Waals surface area contributed by atoms with Crippen molar-refractivity contribution in [3.05, 3.63) is 20.8 Å². The van der Waals surface area contributed by atoms with Crippen molar-refractivity contribution in [3.8, 4) is 0 Å². The molecule has 7 nitrogen and oxygen atoms in total. The molecule has 1 fully saturated rings. The fraction of sp³-hybridized carbons (Fsp3) is 0.750. The van der Waals surface area contributed by atoms with E-state index in [1.165, 1.54) is 14.1 Å². The van der Waals surface area contributed by atoms with Crippen molar-refractivity contribution < 1.29 is 5.11 Å². The van der Waals surface area contributed by atoms with E-state index in [9.17, 15) is 14.7 Å². The number of anilines is 1. The van der Waals surface area contributed by atoms with Gasteiger partial charge in [0.25, 0.3) is 5.56 Å². The van der Waals surface area contributed by atoms with E-state index in [4.69, 9.17) is 0 Å². The summed E-state index contributed by atoms with van der Waals surface area (Å²) in [7, 11) is 2.94. The number of aromatic nitrogens is 3. The number of nitrogens with one attached hydrogen (secondary N) is 1. The number of hydrogen-bond acceptors (Lipinski definition) is 5. The average molecular weight is 268 g/mol. The molecule has 0 spiro atoms. The minimum Gasteiger partial charge on any atom is -0.396 e. The topological polar surface area (TPSA) is 89.2 Å². The van der Waals surface area contributed by atoms with Gasteiger partial charge in [0, 0.05) is 32.7 Å². The molecule has 2 atom stereocenters. The molecular weight excluding hydrogens is 248 g/mol. The van der Waals surface area contributed by atoms with Gasteiger partial charge in [-0.15, -0.1) is 5.10 Å². The summed E-state index contributed by atoms with van der Waals surface area (Å²) in [6, 6.07) is 0.0384. The third-order valence-electron chi connectivity index (χ3n) is 3.79. The Balaban J connectivity index is 2.28. The van der Waals surface area contributed by atoms with Gasteiger partial charge >= 0.3 is 5.69 Å². The summed E-state index contributed by atoms with van der Waals surface area (Å²) in [4.78, 5) is 23.5. The summed E-state index contributed by atoms with van der Waals surface area (Å²) < 4.78 is 2.17. The summed E-state index contributed by atoms with van der Waals surface area (Å²) in [6.07, 6.45) is 4.02. The predicted molar refractivity (Wildman–Crippen MR) is 71.2 cm³/mol. The Kier molecular flexibility index (Phi) is 4.04. The van der Waals surface area contributed by atoms with Crippen LogP contribution in [0, 0.1) is 5.92 Å². The van der Waals surface area contributed by atoms with Gasteiger partial charge in [-0.1, -0.05) is 12.8 Å². The SMILES string of the molecule is Cn1nc(NC2CCCCC2CO)c(=O)n(C)c1=O. The Hall–Kier alpha value is -1.63. The lowest BCUT2D eigenvalue weighted by Crippen LogP contribution is -2.43. The molecule has 0 aliphatic heterocycles. The zero-order valence-electron chi connectivity index (χ0n) is 11.3. The van der Waals surface area contributed by atoms with Gasteiger partial charge in [-0.25, -0.2) is 9.48 Å². The third-order valence-corrected chi connectivity index (χ3v) is 3.79. The molecule has 1 saturated carbocycles. The van der Waals surface area contributed by atoms with Crippen LogP contribution in [0.1, 0.15) is 25.7 Å². The molecular formula is C12H20N4O3. The van der Waals surface area contributed by atoms with Gasteiger partial charge in [0.15, 0.2) is 0 Å². The minimum absolute atomic E-state index is 0.0384. The van der Waals surface area contributed by atoms with E-state index in [0.717, 1.165) is 34.9 Å². The monoisotopic (exact) mass is 268 g/mol. The average Bonchev–Trinajstić information content (AvgIpc) is 2.43. The highest BCUT2D eigenvalue weighted by atomic mass is 16.3. The number of aryl methyl sites for hydroxylation is 1. The number of aliphatic hydroxyl groups excluding tert-OH is 1. The summed E-state index contributed by atoms with van der Waals surface area (Å²) in [5, 5.41) is 16.4. The lowest BCUT2D eigenvalue weighted by Gasteiger charge is -2.31. The zero-order chi connectivity index (χ0) is 14.0. The predicted octanol–water partition coefficient (Wildman–Crippen LogP) is -0.558. The van der Waals surface area contributed by atoms with E-state index in [0.29, 0.717) is 0 Å². The van der Waals surface area contributed by atoms with Crippen LogP contribution >= 0.6 is 0 Å². The van der Waals surface area contributed by atoms with Crippen molar-refractivity contribution >= 4 is 5.82 Å². The molecule has 0 amide bonds. The highest BCUT2D eigenvalue weighted by Gasteiger charge is 2.25. The van der Waals surface area contributed by atoms with Crippen LogP contribution in [-0.4, -0.2) is 32.1 Å². The van der Waals surface area contributed by atoms with Crippen molar-refractivity contribution in [2.24, 2.45) is 20.0 Å². The van der Waals surface area contributed by atoms with Gasteiger partial charge in [0.1, 0.15) is 0 Å². The quantitative estimate of drug-likeness (QED) is 0.767. The molecule has 19 heavy (non-hydrogen) atoms. The number of hydrogen-bond donors (Lipinski definition) is 2. The molecule has 106 valence electrons. The largest absolute Gasteiger partial charge is 0.396 e. The van der Waals surface area contributed by atoms with Crippen LogP contribution in [0.3, 0.4) is 0 Å². The Morgan fingerprint density at radius 3 is 2.68 bits per heavy atom. The summed E-state index contributed by atoms with van der Waals surface area (Å²) in [6.45, 7) is 0.101. The number of nitrogens with zero attached hydrogens (tertiary/aromatic N) is 3. The van der Waals surface area contributed by atoms with E-state index < -0.39 is 11.2 Å². The second kappa shape index (κ2) is 5.56. The van der Waals surface area contributed by atoms with Crippen LogP contribution in [0.5, 0.6) is 0 Å². The van der Waals surface area contributed by atoms with E-state index in [1.807, 2.05) is 0 Å². The van der Waals surface area contributed by atoms with E-state index in [-0.39, 0.29) is 24.4 Å². The summed E-state index contributed by atoms with van der Waals surface area (Å²) in [5.74, 6) is 0.312. The van der Waals surface area contributed by atoms with Crippen LogP contribution in [0.25, 0.3) is 0 Å². The highest BCUT2D eigenvalue weighted by molar-refractivity contribution is 5.31. The summed E-state index contributed by atoms with van der Waals surface area (Å²) >= 11 is 0. The molecule has 0 radical (unpaired) electrons. The van der Waals surface area contributed by atoms with Gasteiger partial charge in [0.2, 0.25) is 5.82 Å². The van der Waals surface area contributed by atoms with Crippen molar-refractivity contribution in [2.75, 3.05) is 11.9 Å². The van der Waals surface area contributed by atoms with Crippen molar-refractivity contribution in [1.29, 1.82) is 0 Å². The van der Waals surface area contributed by atoms with Crippen LogP contribution in [0.15, 0.2) is 9.59 Å². The molecule has 7 heteroatoms. The first-order chi connectivity index (χ1) is 9.04. The molecule has 0 bridgehead atoms. The Bertz CT molecular complexity index is 563. The molecule has 1 aromatic rings. The molecule has 2 N–H and O–H groups in total. The van der Waals surface area contributed by atoms with Gasteiger partial charge in [-0.3, -0.25) is 9.36 Å². The van der Waals surface area contributed by atoms with Gasteiger partial charge in [-0.05, 0) is 12.8 Å². The summed E-state index contributed by atoms with van der Waals surface area (Å²) in [5.41, 5.74) is -0.872. The molecule has 0 saturated heterocycles. The van der Waals surface area contributed by atoms with Crippen molar-refractivity contribution in [3.63, 3.8) is 0 Å². The minimum atomic E-state index is -0.446. The first-order valence-electron chi connectivity index (χ1n) is 6.56. The van der Waals surface area contributed by atoms with Crippen molar-refractivity contribution in [2.45, 2.75) is 31.7 Å². The lowest BCUT2D eigenvalue weighted by molar-refractivity contribution is 0.178. The first kappa shape index (κ1) is 13.8. The maximum absolute atomic E-state index is 12.0. The standard InChI is InChI=1S/C12H20N4O3/c1-15-11(18)10(14-16(2)12(15)19)13-9-6-4-3-5-8(9)7-17/h8-9,17H,3-7H2,1-2H3,(H,13,14). The Morgan fingerprint density at radius 1 is 1.32 bits per heavy atom. The molecule has 1 aromatic heterocycles. The van der Waals surface area contributed by atoms with Crippen LogP contribution in [0.2, 0.25) is 0 Å². The maximum Gasteiger partial charge on any atom is 0.346 e. The molecule has 1 aliphatic rings. The van der Waals surface area contributed by atoms with Crippen LogP contribution < -0.4 is 16.6 Å². The molecule has 1 aliphatic carbocycles. The maximum atomic E-state index is 12.0. The van der Waals surface area contributed by atoms with E-state index >= 15 is 0 Å². The van der Waals surface area contributed by atoms with E-state index in [2.05, 4.69) is 10.4 Å². The highest BCUT2D eigenvalue weighted by Crippen LogP contribution is 2.25. The van der Waals surface area contributed by atoms with Crippen LogP contribution in [-0.2, 0) is 14.1 Å². The normalized spacial score (nSPS) is 23.3. The second-order valence-corrected chi connectivity index (χ2v) is 5.10. The Labute approximate surface area is 110 Å². The van der Waals surface area contributed by atoms with Crippen LogP contribution in [0.4, 0.5) is 5.82 Å². The van der Waals surface area contributed by atoms with Gasteiger partial charge in [0.05, 0.1) is 0 Å². The fourth-order valence-corrected chi connectivity index (χ4v) is 2.58. The fourth-order valence-electron chi connectivity index (χ4n) is 2.58. The molecule has 1 heterocycles. The first-order valence-corrected chi connectivity index (χ1v) is 6.56. The van der Waals surface area contributed by atoms with Crippen molar-refractivity contribution in [1.82, 2.24) is 14.3 Å². The van der Waals surface area contributed by atoms with Gasteiger partial charge in [-0.2, -0.15) is 0 Å². The molecule has 0 aromatic carbocycles. The van der Waals surface area contributed by atoms with E-state index in [1.54, 1.807) is 0 Å². The number of rotatable bonds is 3. The zero-order valence-corrected chi connectivity index (χ0v) is 11.3. The lowest BCUT2D eigenvalue weighted by atomic mass is 9.85.